The van der Waals surface area contributed by atoms with E-state index in [0.717, 1.165) is 12.8 Å². The molecule has 2 N–H and O–H groups in total. The van der Waals surface area contributed by atoms with E-state index in [2.05, 4.69) is 0 Å². The molecule has 1 fully saturated rings. The van der Waals surface area contributed by atoms with Crippen LogP contribution in [0.4, 0.5) is 13.2 Å². The van der Waals surface area contributed by atoms with Gasteiger partial charge in [0.1, 0.15) is 0 Å². The number of hydrogen-bond acceptors (Lipinski definition) is 2. The minimum absolute atomic E-state index is 0.0151. The fourth-order valence-corrected chi connectivity index (χ4v) is 2.57. The van der Waals surface area contributed by atoms with Gasteiger partial charge in [-0.25, -0.2) is 0 Å². The van der Waals surface area contributed by atoms with Crippen LogP contribution in [-0.4, -0.2) is 36.6 Å². The molecule has 1 rings (SSSR count). The summed E-state index contributed by atoms with van der Waals surface area (Å²) in [4.78, 5) is 13.2. The topological polar surface area (TPSA) is 46.3 Å². The number of carbonyl (C=O) groups is 1. The minimum Gasteiger partial charge on any atom is -0.345 e. The number of hydrogen-bond donors (Lipinski definition) is 1. The van der Waals surface area contributed by atoms with Gasteiger partial charge in [0.25, 0.3) is 0 Å². The van der Waals surface area contributed by atoms with Gasteiger partial charge in [0.15, 0.2) is 0 Å². The van der Waals surface area contributed by atoms with Crippen molar-refractivity contribution in [1.82, 2.24) is 4.90 Å². The number of nitrogens with zero attached hydrogens (tertiary/aromatic N) is 1. The van der Waals surface area contributed by atoms with E-state index in [9.17, 15) is 18.0 Å². The monoisotopic (exact) mass is 266 g/mol. The minimum atomic E-state index is -4.22. The van der Waals surface area contributed by atoms with E-state index in [-0.39, 0.29) is 24.4 Å². The Morgan fingerprint density at radius 3 is 2.44 bits per heavy atom. The van der Waals surface area contributed by atoms with E-state index >= 15 is 0 Å². The molecule has 1 aliphatic carbocycles. The first-order chi connectivity index (χ1) is 8.19. The summed E-state index contributed by atoms with van der Waals surface area (Å²) in [5.41, 5.74) is 5.85. The largest absolute Gasteiger partial charge is 0.390 e. The molecule has 0 aromatic rings. The fraction of sp³-hybridized carbons (Fsp3) is 0.917. The van der Waals surface area contributed by atoms with Crippen molar-refractivity contribution < 1.29 is 18.0 Å². The Morgan fingerprint density at radius 2 is 1.94 bits per heavy atom. The van der Waals surface area contributed by atoms with Crippen molar-refractivity contribution in [3.63, 3.8) is 0 Å². The van der Waals surface area contributed by atoms with Gasteiger partial charge in [-0.15, -0.1) is 0 Å². The highest BCUT2D eigenvalue weighted by molar-refractivity contribution is 5.78. The maximum atomic E-state index is 12.1. The van der Waals surface area contributed by atoms with Crippen LogP contribution in [0, 0.1) is 11.8 Å². The Balaban J connectivity index is 2.47. The Hall–Kier alpha value is -0.780. The first-order valence-electron chi connectivity index (χ1n) is 6.26. The SMILES string of the molecule is CC1CC(N)CC(C(=O)N(C)CCC(F)(F)F)C1. The Morgan fingerprint density at radius 1 is 1.33 bits per heavy atom. The lowest BCUT2D eigenvalue weighted by Crippen LogP contribution is -2.41. The third kappa shape index (κ3) is 4.84. The third-order valence-corrected chi connectivity index (χ3v) is 3.44. The van der Waals surface area contributed by atoms with Crippen molar-refractivity contribution in [3.05, 3.63) is 0 Å². The molecule has 106 valence electrons. The molecule has 3 nitrogen and oxygen atoms in total. The van der Waals surface area contributed by atoms with Gasteiger partial charge >= 0.3 is 6.18 Å². The second kappa shape index (κ2) is 5.91. The molecule has 18 heavy (non-hydrogen) atoms. The highest BCUT2D eigenvalue weighted by Gasteiger charge is 2.33. The van der Waals surface area contributed by atoms with Gasteiger partial charge in [-0.05, 0) is 25.2 Å². The van der Waals surface area contributed by atoms with Crippen molar-refractivity contribution in [1.29, 1.82) is 0 Å². The zero-order valence-corrected chi connectivity index (χ0v) is 10.8. The van der Waals surface area contributed by atoms with Crippen LogP contribution in [0.15, 0.2) is 0 Å². The number of amides is 1. The molecular weight excluding hydrogens is 245 g/mol. The molecule has 3 atom stereocenters. The lowest BCUT2D eigenvalue weighted by atomic mass is 9.79. The van der Waals surface area contributed by atoms with E-state index in [1.54, 1.807) is 0 Å². The average molecular weight is 266 g/mol. The Bertz CT molecular complexity index is 284. The molecule has 0 bridgehead atoms. The quantitative estimate of drug-likeness (QED) is 0.851. The average Bonchev–Trinajstić information content (AvgIpc) is 2.22. The summed E-state index contributed by atoms with van der Waals surface area (Å²) in [5.74, 6) is -0.0676. The van der Waals surface area contributed by atoms with Crippen LogP contribution < -0.4 is 5.73 Å². The van der Waals surface area contributed by atoms with Crippen LogP contribution in [0.25, 0.3) is 0 Å². The van der Waals surface area contributed by atoms with Gasteiger partial charge in [0.05, 0.1) is 6.42 Å². The lowest BCUT2D eigenvalue weighted by molar-refractivity contribution is -0.147. The maximum absolute atomic E-state index is 12.1. The zero-order chi connectivity index (χ0) is 13.9. The van der Waals surface area contributed by atoms with Gasteiger partial charge in [0, 0.05) is 25.6 Å². The summed E-state index contributed by atoms with van der Waals surface area (Å²) in [6, 6.07) is -0.0151. The normalized spacial score (nSPS) is 29.1. The van der Waals surface area contributed by atoms with Crippen LogP contribution in [0.5, 0.6) is 0 Å². The molecule has 1 saturated carbocycles. The van der Waals surface area contributed by atoms with Gasteiger partial charge < -0.3 is 10.6 Å². The molecule has 0 radical (unpaired) electrons. The second-order valence-corrected chi connectivity index (χ2v) is 5.39. The molecule has 6 heteroatoms. The molecular formula is C12H21F3N2O. The van der Waals surface area contributed by atoms with Crippen LogP contribution in [-0.2, 0) is 4.79 Å². The molecule has 0 spiro atoms. The van der Waals surface area contributed by atoms with E-state index in [1.807, 2.05) is 6.92 Å². The molecule has 0 saturated heterocycles. The van der Waals surface area contributed by atoms with Crippen LogP contribution in [0.3, 0.4) is 0 Å². The van der Waals surface area contributed by atoms with E-state index in [4.69, 9.17) is 5.73 Å². The maximum Gasteiger partial charge on any atom is 0.390 e. The Labute approximate surface area is 106 Å². The van der Waals surface area contributed by atoms with Crippen molar-refractivity contribution in [2.75, 3.05) is 13.6 Å². The molecule has 1 aliphatic rings. The Kier molecular flexibility index (Phi) is 5.01. The van der Waals surface area contributed by atoms with Gasteiger partial charge in [-0.2, -0.15) is 13.2 Å². The summed E-state index contributed by atoms with van der Waals surface area (Å²) >= 11 is 0. The summed E-state index contributed by atoms with van der Waals surface area (Å²) in [6.45, 7) is 1.75. The number of halogens is 3. The van der Waals surface area contributed by atoms with E-state index in [1.165, 1.54) is 11.9 Å². The smallest absolute Gasteiger partial charge is 0.345 e. The first-order valence-corrected chi connectivity index (χ1v) is 6.26. The molecule has 0 aromatic heterocycles. The number of rotatable bonds is 3. The van der Waals surface area contributed by atoms with Crippen LogP contribution in [0.1, 0.15) is 32.6 Å². The van der Waals surface area contributed by atoms with E-state index in [0.29, 0.717) is 12.3 Å². The van der Waals surface area contributed by atoms with Crippen molar-refractivity contribution in [3.8, 4) is 0 Å². The van der Waals surface area contributed by atoms with Gasteiger partial charge in [-0.1, -0.05) is 6.92 Å². The number of alkyl halides is 3. The van der Waals surface area contributed by atoms with Crippen molar-refractivity contribution in [2.45, 2.75) is 44.8 Å². The van der Waals surface area contributed by atoms with Crippen molar-refractivity contribution >= 4 is 5.91 Å². The fourth-order valence-electron chi connectivity index (χ4n) is 2.57. The predicted octanol–water partition coefficient (Wildman–Crippen LogP) is 2.16. The zero-order valence-electron chi connectivity index (χ0n) is 10.8. The van der Waals surface area contributed by atoms with E-state index < -0.39 is 12.6 Å². The van der Waals surface area contributed by atoms with Crippen molar-refractivity contribution in [2.24, 2.45) is 17.6 Å². The standard InChI is InChI=1S/C12H21F3N2O/c1-8-5-9(7-10(16)6-8)11(18)17(2)4-3-12(13,14)15/h8-10H,3-7,16H2,1-2H3. The first kappa shape index (κ1) is 15.3. The summed E-state index contributed by atoms with van der Waals surface area (Å²) in [7, 11) is 1.43. The predicted molar refractivity (Wildman–Crippen MR) is 62.8 cm³/mol. The molecule has 3 unspecified atom stereocenters. The summed E-state index contributed by atoms with van der Waals surface area (Å²) in [6.07, 6.45) is -2.98. The highest BCUT2D eigenvalue weighted by atomic mass is 19.4. The van der Waals surface area contributed by atoms with Crippen LogP contribution in [0.2, 0.25) is 0 Å². The number of nitrogens with two attached hydrogens (primary N) is 1. The second-order valence-electron chi connectivity index (χ2n) is 5.39. The van der Waals surface area contributed by atoms with Gasteiger partial charge in [-0.3, -0.25) is 4.79 Å². The summed E-state index contributed by atoms with van der Waals surface area (Å²) < 4.78 is 36.3. The molecule has 0 aliphatic heterocycles. The lowest BCUT2D eigenvalue weighted by Gasteiger charge is -2.33. The highest BCUT2D eigenvalue weighted by Crippen LogP contribution is 2.29. The third-order valence-electron chi connectivity index (χ3n) is 3.44. The molecule has 0 heterocycles. The molecule has 0 aromatic carbocycles. The number of carbonyl (C=O) groups excluding carboxylic acids is 1. The van der Waals surface area contributed by atoms with Gasteiger partial charge in [0.2, 0.25) is 5.91 Å². The van der Waals surface area contributed by atoms with Crippen LogP contribution >= 0.6 is 0 Å². The summed E-state index contributed by atoms with van der Waals surface area (Å²) in [5, 5.41) is 0. The molecule has 1 amide bonds.